The molecule has 3 aromatic rings. The van der Waals surface area contributed by atoms with Gasteiger partial charge in [0, 0.05) is 11.5 Å². The second kappa shape index (κ2) is 9.43. The molecule has 0 unspecified atom stereocenters. The monoisotopic (exact) mass is 443 g/mol. The van der Waals surface area contributed by atoms with Crippen LogP contribution in [0.15, 0.2) is 51.7 Å². The number of fused-ring (bicyclic) bond motifs is 3. The van der Waals surface area contributed by atoms with Crippen molar-refractivity contribution in [3.63, 3.8) is 0 Å². The number of benzene rings is 2. The first kappa shape index (κ1) is 22.7. The molecule has 0 radical (unpaired) electrons. The summed E-state index contributed by atoms with van der Waals surface area (Å²) in [5.41, 5.74) is -0.831. The van der Waals surface area contributed by atoms with Gasteiger partial charge in [0.1, 0.15) is 23.0 Å². The Kier molecular flexibility index (Phi) is 6.90. The van der Waals surface area contributed by atoms with E-state index in [0.29, 0.717) is 23.1 Å². The number of carbonyl (C=O) groups excluding carboxylic acids is 2. The topological polar surface area (TPSA) is 94.8 Å². The fourth-order valence-corrected chi connectivity index (χ4v) is 3.52. The molecule has 31 heavy (non-hydrogen) atoms. The lowest BCUT2D eigenvalue weighted by Gasteiger charge is -2.22. The van der Waals surface area contributed by atoms with Crippen LogP contribution in [0.3, 0.4) is 0 Å². The zero-order chi connectivity index (χ0) is 22.6. The van der Waals surface area contributed by atoms with Gasteiger partial charge in [-0.3, -0.25) is 0 Å². The van der Waals surface area contributed by atoms with E-state index in [0.717, 1.165) is 10.8 Å². The van der Waals surface area contributed by atoms with Crippen molar-refractivity contribution in [3.05, 3.63) is 52.9 Å². The number of esters is 1. The van der Waals surface area contributed by atoms with Crippen LogP contribution in [0, 0.1) is 0 Å². The van der Waals surface area contributed by atoms with Gasteiger partial charge in [-0.2, -0.15) is 11.8 Å². The summed E-state index contributed by atoms with van der Waals surface area (Å²) in [5, 5.41) is 4.56. The molecular weight excluding hydrogens is 418 g/mol. The predicted octanol–water partition coefficient (Wildman–Crippen LogP) is 4.50. The van der Waals surface area contributed by atoms with Gasteiger partial charge < -0.3 is 19.2 Å². The van der Waals surface area contributed by atoms with Crippen LogP contribution in [-0.2, 0) is 9.53 Å². The third-order valence-corrected chi connectivity index (χ3v) is 5.04. The average Bonchev–Trinajstić information content (AvgIpc) is 2.69. The highest BCUT2D eigenvalue weighted by atomic mass is 32.2. The van der Waals surface area contributed by atoms with E-state index >= 15 is 0 Å². The van der Waals surface area contributed by atoms with Crippen molar-refractivity contribution >= 4 is 45.6 Å². The van der Waals surface area contributed by atoms with Crippen LogP contribution in [0.5, 0.6) is 5.75 Å². The van der Waals surface area contributed by atoms with Crippen molar-refractivity contribution in [2.24, 2.45) is 0 Å². The predicted molar refractivity (Wildman–Crippen MR) is 122 cm³/mol. The lowest BCUT2D eigenvalue weighted by atomic mass is 10.1. The van der Waals surface area contributed by atoms with Crippen molar-refractivity contribution in [1.82, 2.24) is 5.32 Å². The smallest absolute Gasteiger partial charge is 0.408 e. The van der Waals surface area contributed by atoms with Gasteiger partial charge in [-0.25, -0.2) is 14.4 Å². The number of thioether (sulfide) groups is 1. The van der Waals surface area contributed by atoms with Gasteiger partial charge in [-0.1, -0.05) is 18.2 Å². The molecule has 0 spiro atoms. The van der Waals surface area contributed by atoms with Crippen molar-refractivity contribution in [2.45, 2.75) is 38.8 Å². The molecule has 0 saturated carbocycles. The first-order valence-electron chi connectivity index (χ1n) is 9.84. The Morgan fingerprint density at radius 3 is 2.48 bits per heavy atom. The molecule has 0 aliphatic heterocycles. The molecule has 1 amide bonds. The number of alkyl carbamates (subject to hydrolysis) is 1. The first-order chi connectivity index (χ1) is 14.7. The van der Waals surface area contributed by atoms with Crippen molar-refractivity contribution < 1.29 is 23.5 Å². The van der Waals surface area contributed by atoms with Crippen LogP contribution in [0.2, 0.25) is 0 Å². The van der Waals surface area contributed by atoms with Crippen molar-refractivity contribution in [2.75, 3.05) is 12.0 Å². The van der Waals surface area contributed by atoms with Crippen LogP contribution in [0.1, 0.15) is 27.2 Å². The van der Waals surface area contributed by atoms with Crippen molar-refractivity contribution in [3.8, 4) is 5.75 Å². The first-order valence-corrected chi connectivity index (χ1v) is 11.2. The molecule has 164 valence electrons. The molecule has 0 fully saturated rings. The van der Waals surface area contributed by atoms with Crippen LogP contribution >= 0.6 is 11.8 Å². The lowest BCUT2D eigenvalue weighted by Crippen LogP contribution is -2.45. The summed E-state index contributed by atoms with van der Waals surface area (Å²) in [7, 11) is 0. The molecule has 1 N–H and O–H groups in total. The molecule has 7 nitrogen and oxygen atoms in total. The largest absolute Gasteiger partial charge is 0.444 e. The quantitative estimate of drug-likeness (QED) is 0.259. The average molecular weight is 444 g/mol. The molecular formula is C23H25NO6S. The molecule has 2 aromatic carbocycles. The highest BCUT2D eigenvalue weighted by molar-refractivity contribution is 7.98. The highest BCUT2D eigenvalue weighted by Gasteiger charge is 2.26. The summed E-state index contributed by atoms with van der Waals surface area (Å²) < 4.78 is 16.1. The van der Waals surface area contributed by atoms with E-state index in [1.165, 1.54) is 6.07 Å². The minimum atomic E-state index is -0.874. The number of nitrogens with one attached hydrogen (secondary N) is 1. The molecule has 1 heterocycles. The second-order valence-corrected chi connectivity index (χ2v) is 8.98. The van der Waals surface area contributed by atoms with Crippen molar-refractivity contribution in [1.29, 1.82) is 0 Å². The number of ether oxygens (including phenoxy) is 2. The standard InChI is InChI=1S/C23H25NO6S/c1-23(2,3)30-22(27)24-18(11-12-31-4)21(26)28-14-9-10-16-15-7-5-6-8-17(15)20(25)29-19(16)13-14/h5-10,13,18H,11-12H2,1-4H3,(H,24,27)/t18-/m1/s1. The molecule has 8 heteroatoms. The zero-order valence-electron chi connectivity index (χ0n) is 17.9. The van der Waals surface area contributed by atoms with E-state index in [1.54, 1.807) is 56.8 Å². The van der Waals surface area contributed by atoms with Crippen LogP contribution in [0.4, 0.5) is 4.79 Å². The number of hydrogen-bond acceptors (Lipinski definition) is 7. The fraction of sp³-hybridized carbons (Fsp3) is 0.348. The van der Waals surface area contributed by atoms with Crippen LogP contribution < -0.4 is 15.7 Å². The Morgan fingerprint density at radius 2 is 1.81 bits per heavy atom. The Hall–Kier alpha value is -3.00. The lowest BCUT2D eigenvalue weighted by molar-refractivity contribution is -0.136. The second-order valence-electron chi connectivity index (χ2n) is 7.99. The van der Waals surface area contributed by atoms with Gasteiger partial charge in [0.05, 0.1) is 5.39 Å². The number of rotatable bonds is 6. The number of hydrogen-bond donors (Lipinski definition) is 1. The summed E-state index contributed by atoms with van der Waals surface area (Å²) >= 11 is 1.55. The molecule has 1 atom stereocenters. The third kappa shape index (κ3) is 5.79. The van der Waals surface area contributed by atoms with E-state index in [4.69, 9.17) is 13.9 Å². The molecule has 0 bridgehead atoms. The van der Waals surface area contributed by atoms with Crippen LogP contribution in [0.25, 0.3) is 21.7 Å². The molecule has 0 saturated heterocycles. The Balaban J connectivity index is 1.82. The normalized spacial score (nSPS) is 12.5. The fourth-order valence-electron chi connectivity index (χ4n) is 3.05. The minimum Gasteiger partial charge on any atom is -0.444 e. The number of carbonyl (C=O) groups is 2. The summed E-state index contributed by atoms with van der Waals surface area (Å²) in [6.07, 6.45) is 1.60. The van der Waals surface area contributed by atoms with E-state index in [-0.39, 0.29) is 5.75 Å². The summed E-state index contributed by atoms with van der Waals surface area (Å²) in [4.78, 5) is 37.1. The van der Waals surface area contributed by atoms with Gasteiger partial charge in [0.15, 0.2) is 0 Å². The zero-order valence-corrected chi connectivity index (χ0v) is 18.7. The summed E-state index contributed by atoms with van der Waals surface area (Å²) in [5.74, 6) is 0.243. The maximum Gasteiger partial charge on any atom is 0.408 e. The molecule has 1 aromatic heterocycles. The van der Waals surface area contributed by atoms with E-state index in [2.05, 4.69) is 5.32 Å². The maximum atomic E-state index is 12.7. The third-order valence-electron chi connectivity index (χ3n) is 4.40. The van der Waals surface area contributed by atoms with Gasteiger partial charge in [0.2, 0.25) is 0 Å². The molecule has 0 aliphatic rings. The van der Waals surface area contributed by atoms with E-state index in [9.17, 15) is 14.4 Å². The minimum absolute atomic E-state index is 0.219. The van der Waals surface area contributed by atoms with E-state index in [1.807, 2.05) is 18.4 Å². The Labute approximate surface area is 184 Å². The summed E-state index contributed by atoms with van der Waals surface area (Å²) in [6, 6.07) is 11.1. The maximum absolute atomic E-state index is 12.7. The highest BCUT2D eigenvalue weighted by Crippen LogP contribution is 2.26. The summed E-state index contributed by atoms with van der Waals surface area (Å²) in [6.45, 7) is 5.23. The molecule has 3 rings (SSSR count). The van der Waals surface area contributed by atoms with Gasteiger partial charge in [-0.15, -0.1) is 0 Å². The van der Waals surface area contributed by atoms with Crippen LogP contribution in [-0.4, -0.2) is 35.7 Å². The van der Waals surface area contributed by atoms with Gasteiger partial charge >= 0.3 is 17.7 Å². The Morgan fingerprint density at radius 1 is 1.10 bits per heavy atom. The van der Waals surface area contributed by atoms with Gasteiger partial charge in [0.25, 0.3) is 0 Å². The molecule has 0 aliphatic carbocycles. The Bertz CT molecular complexity index is 1160. The van der Waals surface area contributed by atoms with Gasteiger partial charge in [-0.05, 0) is 62.8 Å². The number of amides is 1. The SMILES string of the molecule is CSCC[C@@H](NC(=O)OC(C)(C)C)C(=O)Oc1ccc2c(c1)oc(=O)c1ccccc12. The van der Waals surface area contributed by atoms with E-state index < -0.39 is 29.3 Å².